The fourth-order valence-electron chi connectivity index (χ4n) is 2.74. The van der Waals surface area contributed by atoms with Crippen LogP contribution in [0.1, 0.15) is 0 Å². The Morgan fingerprint density at radius 1 is 0.957 bits per heavy atom. The molecule has 4 rings (SSSR count). The predicted octanol–water partition coefficient (Wildman–Crippen LogP) is 3.52. The van der Waals surface area contributed by atoms with E-state index in [1.807, 2.05) is 30.3 Å². The summed E-state index contributed by atoms with van der Waals surface area (Å²) < 4.78 is 15.9. The number of aromatic amines is 1. The van der Waals surface area contributed by atoms with Gasteiger partial charge in [-0.2, -0.15) is 0 Å². The average Bonchev–Trinajstić information content (AvgIpc) is 2.97. The Labute approximate surface area is 130 Å². The minimum absolute atomic E-state index is 0.263. The second-order valence-corrected chi connectivity index (χ2v) is 5.16. The summed E-state index contributed by atoms with van der Waals surface area (Å²) in [5.41, 5.74) is 2.44. The molecule has 0 unspecified atom stereocenters. The number of H-pyrrole nitrogens is 1. The number of hydrogen-bond acceptors (Lipinski definition) is 2. The van der Waals surface area contributed by atoms with Gasteiger partial charge in [0.25, 0.3) is 5.56 Å². The van der Waals surface area contributed by atoms with Crippen LogP contribution in [0.4, 0.5) is 4.39 Å². The van der Waals surface area contributed by atoms with Gasteiger partial charge in [-0.25, -0.2) is 9.37 Å². The Hall–Kier alpha value is -3.21. The van der Waals surface area contributed by atoms with Gasteiger partial charge in [0.1, 0.15) is 16.9 Å². The number of benzene rings is 2. The molecule has 5 heteroatoms. The minimum Gasteiger partial charge on any atom is -0.311 e. The summed E-state index contributed by atoms with van der Waals surface area (Å²) >= 11 is 0. The number of rotatable bonds is 2. The molecule has 0 amide bonds. The summed E-state index contributed by atoms with van der Waals surface area (Å²) in [6.45, 7) is 0. The molecule has 1 N–H and O–H groups in total. The molecule has 112 valence electrons. The zero-order chi connectivity index (χ0) is 15.8. The van der Waals surface area contributed by atoms with Gasteiger partial charge in [0, 0.05) is 23.0 Å². The molecule has 2 aromatic heterocycles. The lowest BCUT2D eigenvalue weighted by molar-refractivity contribution is 0.631. The monoisotopic (exact) mass is 305 g/mol. The zero-order valence-electron chi connectivity index (χ0n) is 12.0. The second-order valence-electron chi connectivity index (χ2n) is 5.16. The first-order valence-corrected chi connectivity index (χ1v) is 7.15. The molecule has 2 aromatic carbocycles. The van der Waals surface area contributed by atoms with E-state index in [9.17, 15) is 9.18 Å². The highest BCUT2D eigenvalue weighted by Gasteiger charge is 2.17. The molecule has 0 bridgehead atoms. The van der Waals surface area contributed by atoms with E-state index in [1.54, 1.807) is 29.0 Å². The molecule has 4 nitrogen and oxygen atoms in total. The molecular formula is C18H12FN3O. The lowest BCUT2D eigenvalue weighted by Crippen LogP contribution is -2.09. The molecule has 0 saturated heterocycles. The van der Waals surface area contributed by atoms with Crippen LogP contribution in [-0.2, 0) is 0 Å². The van der Waals surface area contributed by atoms with E-state index in [2.05, 4.69) is 9.97 Å². The first-order chi connectivity index (χ1) is 11.3. The third-order valence-electron chi connectivity index (χ3n) is 3.78. The highest BCUT2D eigenvalue weighted by molar-refractivity contribution is 5.93. The predicted molar refractivity (Wildman–Crippen MR) is 87.1 cm³/mol. The smallest absolute Gasteiger partial charge is 0.275 e. The normalized spacial score (nSPS) is 11.0. The first-order valence-electron chi connectivity index (χ1n) is 7.15. The van der Waals surface area contributed by atoms with Gasteiger partial charge >= 0.3 is 0 Å². The molecule has 4 aromatic rings. The summed E-state index contributed by atoms with van der Waals surface area (Å²) in [6.07, 6.45) is 3.09. The molecular weight excluding hydrogens is 293 g/mol. The van der Waals surface area contributed by atoms with Gasteiger partial charge in [0.05, 0.1) is 6.33 Å². The van der Waals surface area contributed by atoms with Gasteiger partial charge < -0.3 is 9.55 Å². The molecule has 0 fully saturated rings. The number of aromatic nitrogens is 3. The standard InChI is InChI=1S/C18H12FN3O/c19-15-9-5-4-8-13(15)14-10-22(12-6-2-1-3-7-12)17-16(14)20-11-21-18(17)23/h1-11H,(H,20,21,23). The zero-order valence-corrected chi connectivity index (χ0v) is 12.0. The number of nitrogens with one attached hydrogen (secondary N) is 1. The number of nitrogens with zero attached hydrogens (tertiary/aromatic N) is 2. The maximum atomic E-state index is 14.2. The maximum absolute atomic E-state index is 14.2. The van der Waals surface area contributed by atoms with Crippen LogP contribution in [0.3, 0.4) is 0 Å². The van der Waals surface area contributed by atoms with E-state index in [-0.39, 0.29) is 11.4 Å². The van der Waals surface area contributed by atoms with Crippen molar-refractivity contribution in [1.29, 1.82) is 0 Å². The summed E-state index contributed by atoms with van der Waals surface area (Å²) in [5.74, 6) is -0.346. The van der Waals surface area contributed by atoms with Crippen LogP contribution in [0.15, 0.2) is 71.9 Å². The van der Waals surface area contributed by atoms with Crippen molar-refractivity contribution >= 4 is 11.0 Å². The van der Waals surface area contributed by atoms with Crippen molar-refractivity contribution in [2.45, 2.75) is 0 Å². The minimum atomic E-state index is -0.346. The van der Waals surface area contributed by atoms with Crippen molar-refractivity contribution in [3.05, 3.63) is 83.3 Å². The van der Waals surface area contributed by atoms with E-state index < -0.39 is 0 Å². The van der Waals surface area contributed by atoms with Crippen LogP contribution in [0.25, 0.3) is 27.8 Å². The quantitative estimate of drug-likeness (QED) is 0.616. The van der Waals surface area contributed by atoms with E-state index >= 15 is 0 Å². The van der Waals surface area contributed by atoms with Gasteiger partial charge in [-0.3, -0.25) is 4.79 Å². The molecule has 0 radical (unpaired) electrons. The van der Waals surface area contributed by atoms with E-state index in [1.165, 1.54) is 12.4 Å². The molecule has 0 spiro atoms. The van der Waals surface area contributed by atoms with Gasteiger partial charge in [0.2, 0.25) is 0 Å². The van der Waals surface area contributed by atoms with Crippen LogP contribution in [0.5, 0.6) is 0 Å². The van der Waals surface area contributed by atoms with Gasteiger partial charge in [0.15, 0.2) is 0 Å². The Morgan fingerprint density at radius 3 is 2.48 bits per heavy atom. The van der Waals surface area contributed by atoms with Crippen LogP contribution in [0, 0.1) is 5.82 Å². The van der Waals surface area contributed by atoms with Gasteiger partial charge in [-0.1, -0.05) is 36.4 Å². The fraction of sp³-hybridized carbons (Fsp3) is 0. The van der Waals surface area contributed by atoms with Crippen LogP contribution in [-0.4, -0.2) is 14.5 Å². The van der Waals surface area contributed by atoms with E-state index in [4.69, 9.17) is 0 Å². The van der Waals surface area contributed by atoms with E-state index in [0.717, 1.165) is 5.69 Å². The second kappa shape index (κ2) is 5.21. The lowest BCUT2D eigenvalue weighted by atomic mass is 10.1. The fourth-order valence-corrected chi connectivity index (χ4v) is 2.74. The van der Waals surface area contributed by atoms with Crippen molar-refractivity contribution in [2.75, 3.05) is 0 Å². The van der Waals surface area contributed by atoms with Crippen molar-refractivity contribution in [2.24, 2.45) is 0 Å². The first kappa shape index (κ1) is 13.5. The maximum Gasteiger partial charge on any atom is 0.275 e. The molecule has 0 aliphatic carbocycles. The molecule has 0 aliphatic rings. The largest absolute Gasteiger partial charge is 0.311 e. The Bertz CT molecular complexity index is 1050. The molecule has 23 heavy (non-hydrogen) atoms. The molecule has 2 heterocycles. The molecule has 0 atom stereocenters. The Kier molecular flexibility index (Phi) is 3.05. The Morgan fingerprint density at radius 2 is 1.70 bits per heavy atom. The molecule has 0 saturated carbocycles. The summed E-state index contributed by atoms with van der Waals surface area (Å²) in [4.78, 5) is 19.1. The lowest BCUT2D eigenvalue weighted by Gasteiger charge is -2.03. The third kappa shape index (κ3) is 2.14. The molecule has 0 aliphatic heterocycles. The van der Waals surface area contributed by atoms with Crippen molar-refractivity contribution < 1.29 is 4.39 Å². The van der Waals surface area contributed by atoms with Crippen LogP contribution in [0.2, 0.25) is 0 Å². The number of halogens is 1. The van der Waals surface area contributed by atoms with Crippen LogP contribution >= 0.6 is 0 Å². The van der Waals surface area contributed by atoms with Crippen molar-refractivity contribution in [1.82, 2.24) is 14.5 Å². The highest BCUT2D eigenvalue weighted by atomic mass is 19.1. The van der Waals surface area contributed by atoms with E-state index in [0.29, 0.717) is 22.2 Å². The SMILES string of the molecule is O=c1[nH]cnc2c(-c3ccccc3F)cn(-c3ccccc3)c12. The van der Waals surface area contributed by atoms with Crippen LogP contribution < -0.4 is 5.56 Å². The van der Waals surface area contributed by atoms with Gasteiger partial charge in [-0.15, -0.1) is 0 Å². The van der Waals surface area contributed by atoms with Crippen molar-refractivity contribution in [3.63, 3.8) is 0 Å². The highest BCUT2D eigenvalue weighted by Crippen LogP contribution is 2.31. The number of para-hydroxylation sites is 1. The average molecular weight is 305 g/mol. The third-order valence-corrected chi connectivity index (χ3v) is 3.78. The topological polar surface area (TPSA) is 50.7 Å². The summed E-state index contributed by atoms with van der Waals surface area (Å²) in [7, 11) is 0. The summed E-state index contributed by atoms with van der Waals surface area (Å²) in [5, 5.41) is 0. The van der Waals surface area contributed by atoms with Gasteiger partial charge in [-0.05, 0) is 18.2 Å². The Balaban J connectivity index is 2.11. The number of hydrogen-bond donors (Lipinski definition) is 1. The van der Waals surface area contributed by atoms with Crippen molar-refractivity contribution in [3.8, 4) is 16.8 Å². The summed E-state index contributed by atoms with van der Waals surface area (Å²) in [6, 6.07) is 15.9. The number of fused-ring (bicyclic) bond motifs is 1.